The Hall–Kier alpha value is 1.10. The molecule has 0 saturated carbocycles. The van der Waals surface area contributed by atoms with Crippen LogP contribution in [0.1, 0.15) is 0 Å². The molecule has 6 heavy (non-hydrogen) atoms. The van der Waals surface area contributed by atoms with E-state index in [1.165, 1.54) is 0 Å². The SMILES string of the molecule is O=P(Cl)(Cl)CCl. The van der Waals surface area contributed by atoms with E-state index in [0.29, 0.717) is 0 Å². The summed E-state index contributed by atoms with van der Waals surface area (Å²) in [7, 11) is 0. The van der Waals surface area contributed by atoms with Gasteiger partial charge >= 0.3 is 0 Å². The summed E-state index contributed by atoms with van der Waals surface area (Å²) >= 11 is 14.8. The fourth-order valence-electron chi connectivity index (χ4n) is 0. The average molecular weight is 167 g/mol. The van der Waals surface area contributed by atoms with Crippen molar-refractivity contribution in [3.8, 4) is 0 Å². The number of hydrogen-bond acceptors (Lipinski definition) is 1. The topological polar surface area (TPSA) is 17.1 Å². The van der Waals surface area contributed by atoms with Gasteiger partial charge in [-0.3, -0.25) is 4.57 Å². The maximum atomic E-state index is 9.98. The largest absolute Gasteiger partial charge is 0.288 e. The van der Waals surface area contributed by atoms with Crippen LogP contribution in [0.4, 0.5) is 0 Å². The Morgan fingerprint density at radius 2 is 1.67 bits per heavy atom. The maximum Gasteiger partial charge on any atom is 0.267 e. The molecule has 0 unspecified atom stereocenters. The summed E-state index contributed by atoms with van der Waals surface area (Å²) in [6, 6.07) is 0. The summed E-state index contributed by atoms with van der Waals surface area (Å²) in [4.78, 5) is 0. The first-order valence-corrected chi connectivity index (χ1v) is 5.34. The van der Waals surface area contributed by atoms with Gasteiger partial charge in [-0.2, -0.15) is 0 Å². The number of alkyl halides is 1. The van der Waals surface area contributed by atoms with E-state index < -0.39 is 5.85 Å². The number of hydrogen-bond donors (Lipinski definition) is 0. The van der Waals surface area contributed by atoms with Gasteiger partial charge in [0.25, 0.3) is 5.85 Å². The third kappa shape index (κ3) is 5.10. The van der Waals surface area contributed by atoms with E-state index in [0.717, 1.165) is 0 Å². The Balaban J connectivity index is 3.48. The molecule has 0 N–H and O–H groups in total. The van der Waals surface area contributed by atoms with E-state index in [-0.39, 0.29) is 5.62 Å². The predicted molar refractivity (Wildman–Crippen MR) is 30.0 cm³/mol. The van der Waals surface area contributed by atoms with Crippen molar-refractivity contribution in [3.63, 3.8) is 0 Å². The fourth-order valence-corrected chi connectivity index (χ4v) is 0. The molecule has 0 aliphatic carbocycles. The molecule has 0 aliphatic heterocycles. The molecule has 0 heterocycles. The molecular weight excluding hydrogens is 165 g/mol. The molecule has 0 fully saturated rings. The van der Waals surface area contributed by atoms with E-state index >= 15 is 0 Å². The average Bonchev–Trinajstić information content (AvgIpc) is 1.35. The summed E-state index contributed by atoms with van der Waals surface area (Å²) in [6.45, 7) is 0. The third-order valence-corrected chi connectivity index (χ3v) is 2.88. The van der Waals surface area contributed by atoms with Crippen LogP contribution in [0.3, 0.4) is 0 Å². The van der Waals surface area contributed by atoms with E-state index in [4.69, 9.17) is 34.1 Å². The second-order valence-corrected chi connectivity index (χ2v) is 6.58. The molecule has 0 rings (SSSR count). The van der Waals surface area contributed by atoms with Crippen LogP contribution in [0.15, 0.2) is 0 Å². The minimum atomic E-state index is -2.94. The Morgan fingerprint density at radius 1 is 1.50 bits per heavy atom. The molecule has 0 spiro atoms. The van der Waals surface area contributed by atoms with Crippen LogP contribution in [0.25, 0.3) is 0 Å². The first-order valence-electron chi connectivity index (χ1n) is 1.10. The molecule has 0 radical (unpaired) electrons. The fraction of sp³-hybridized carbons (Fsp3) is 1.00. The van der Waals surface area contributed by atoms with Crippen molar-refractivity contribution >= 4 is 39.9 Å². The van der Waals surface area contributed by atoms with Crippen LogP contribution < -0.4 is 0 Å². The molecule has 0 bridgehead atoms. The van der Waals surface area contributed by atoms with Crippen molar-refractivity contribution < 1.29 is 4.57 Å². The van der Waals surface area contributed by atoms with Crippen molar-refractivity contribution in [2.24, 2.45) is 0 Å². The summed E-state index contributed by atoms with van der Waals surface area (Å²) < 4.78 is 9.98. The van der Waals surface area contributed by atoms with Gasteiger partial charge in [0.2, 0.25) is 0 Å². The van der Waals surface area contributed by atoms with Crippen molar-refractivity contribution in [3.05, 3.63) is 0 Å². The maximum absolute atomic E-state index is 9.98. The van der Waals surface area contributed by atoms with Crippen LogP contribution in [0, 0.1) is 0 Å². The highest BCUT2D eigenvalue weighted by molar-refractivity contribution is 8.09. The van der Waals surface area contributed by atoms with Crippen molar-refractivity contribution in [1.82, 2.24) is 0 Å². The van der Waals surface area contributed by atoms with Crippen LogP contribution in [-0.2, 0) is 4.57 Å². The quantitative estimate of drug-likeness (QED) is 0.433. The molecule has 38 valence electrons. The Labute approximate surface area is 50.5 Å². The monoisotopic (exact) mass is 166 g/mol. The lowest BCUT2D eigenvalue weighted by atomic mass is 11.9. The molecule has 0 atom stereocenters. The minimum Gasteiger partial charge on any atom is -0.288 e. The first-order chi connectivity index (χ1) is 2.56. The molecule has 0 amide bonds. The molecule has 0 aromatic rings. The lowest BCUT2D eigenvalue weighted by Gasteiger charge is -1.86. The molecule has 0 aromatic heterocycles. The van der Waals surface area contributed by atoms with Crippen LogP contribution in [0.5, 0.6) is 0 Å². The summed E-state index contributed by atoms with van der Waals surface area (Å²) in [5, 5.41) is 0. The zero-order chi connectivity index (χ0) is 5.21. The molecule has 0 aromatic carbocycles. The molecule has 0 aliphatic rings. The van der Waals surface area contributed by atoms with Gasteiger partial charge in [0.05, 0.1) is 0 Å². The Morgan fingerprint density at radius 3 is 1.67 bits per heavy atom. The van der Waals surface area contributed by atoms with Crippen LogP contribution in [0.2, 0.25) is 0 Å². The molecule has 5 heteroatoms. The molecule has 1 nitrogen and oxygen atoms in total. The normalized spacial score (nSPS) is 11.8. The number of rotatable bonds is 1. The summed E-state index contributed by atoms with van der Waals surface area (Å²) in [5.74, 6) is -2.94. The van der Waals surface area contributed by atoms with Gasteiger partial charge in [0.1, 0.15) is 5.62 Å². The second kappa shape index (κ2) is 2.42. The van der Waals surface area contributed by atoms with E-state index in [1.807, 2.05) is 0 Å². The minimum absolute atomic E-state index is 0.171. The van der Waals surface area contributed by atoms with Gasteiger partial charge in [-0.05, 0) is 22.5 Å². The first kappa shape index (κ1) is 7.10. The van der Waals surface area contributed by atoms with Gasteiger partial charge < -0.3 is 0 Å². The van der Waals surface area contributed by atoms with E-state index in [2.05, 4.69) is 0 Å². The summed E-state index contributed by atoms with van der Waals surface area (Å²) in [5.41, 5.74) is -0.171. The summed E-state index contributed by atoms with van der Waals surface area (Å²) in [6.07, 6.45) is 0. The van der Waals surface area contributed by atoms with Gasteiger partial charge in [-0.1, -0.05) is 0 Å². The van der Waals surface area contributed by atoms with Crippen LogP contribution in [-0.4, -0.2) is 5.62 Å². The van der Waals surface area contributed by atoms with Gasteiger partial charge in [-0.25, -0.2) is 0 Å². The lowest BCUT2D eigenvalue weighted by molar-refractivity contribution is 0.595. The zero-order valence-corrected chi connectivity index (χ0v) is 5.86. The van der Waals surface area contributed by atoms with Crippen molar-refractivity contribution in [2.75, 3.05) is 5.62 Å². The zero-order valence-electron chi connectivity index (χ0n) is 2.70. The van der Waals surface area contributed by atoms with Gasteiger partial charge in [0, 0.05) is 0 Å². The smallest absolute Gasteiger partial charge is 0.267 e. The van der Waals surface area contributed by atoms with E-state index in [9.17, 15) is 4.57 Å². The Kier molecular flexibility index (Phi) is 2.86. The lowest BCUT2D eigenvalue weighted by Crippen LogP contribution is -1.53. The van der Waals surface area contributed by atoms with Gasteiger partial charge in [-0.15, -0.1) is 11.6 Å². The van der Waals surface area contributed by atoms with Crippen molar-refractivity contribution in [2.45, 2.75) is 0 Å². The second-order valence-electron chi connectivity index (χ2n) is 0.690. The highest BCUT2D eigenvalue weighted by Gasteiger charge is 2.08. The number of halogens is 3. The molecular formula is CH2Cl3OP. The highest BCUT2D eigenvalue weighted by atomic mass is 35.9. The Bertz CT molecular complexity index is 74.9. The third-order valence-electron chi connectivity index (χ3n) is 0.139. The van der Waals surface area contributed by atoms with Crippen molar-refractivity contribution in [1.29, 1.82) is 0 Å². The predicted octanol–water partition coefficient (Wildman–Crippen LogP) is 2.85. The molecule has 0 saturated heterocycles. The van der Waals surface area contributed by atoms with Crippen LogP contribution >= 0.6 is 39.9 Å². The standard InChI is InChI=1S/CH2Cl3OP/c2-1-6(3,4)5/h1H2. The van der Waals surface area contributed by atoms with Gasteiger partial charge in [0.15, 0.2) is 0 Å². The highest BCUT2D eigenvalue weighted by Crippen LogP contribution is 2.56. The van der Waals surface area contributed by atoms with E-state index in [1.54, 1.807) is 0 Å².